The highest BCUT2D eigenvalue weighted by atomic mass is 79.9. The van der Waals surface area contributed by atoms with Crippen molar-refractivity contribution in [3.63, 3.8) is 0 Å². The van der Waals surface area contributed by atoms with E-state index >= 15 is 0 Å². The zero-order valence-corrected chi connectivity index (χ0v) is 11.5. The van der Waals surface area contributed by atoms with Gasteiger partial charge in [-0.1, -0.05) is 17.7 Å². The zero-order valence-electron chi connectivity index (χ0n) is 9.20. The standard InChI is InChI=1S/C12H13BrClNO2/c13-10-5-1-4-9(11(10)14)12(17)15-6-2-3-8(16)7-15/h1,4-5,8,16H,2-3,6-7H2/t8-/m0/s1. The lowest BCUT2D eigenvalue weighted by atomic mass is 10.1. The number of carbonyl (C=O) groups is 1. The van der Waals surface area contributed by atoms with Crippen LogP contribution in [0.2, 0.25) is 5.02 Å². The minimum atomic E-state index is -0.418. The molecule has 1 amide bonds. The van der Waals surface area contributed by atoms with Crippen LogP contribution in [0.4, 0.5) is 0 Å². The van der Waals surface area contributed by atoms with Crippen LogP contribution >= 0.6 is 27.5 Å². The van der Waals surface area contributed by atoms with Crippen LogP contribution in [-0.4, -0.2) is 35.1 Å². The van der Waals surface area contributed by atoms with Crippen molar-refractivity contribution in [1.29, 1.82) is 0 Å². The number of hydrogen-bond acceptors (Lipinski definition) is 2. The van der Waals surface area contributed by atoms with E-state index in [2.05, 4.69) is 15.9 Å². The quantitative estimate of drug-likeness (QED) is 0.865. The number of likely N-dealkylation sites (tertiary alicyclic amines) is 1. The van der Waals surface area contributed by atoms with E-state index in [-0.39, 0.29) is 5.91 Å². The van der Waals surface area contributed by atoms with Crippen LogP contribution in [0.5, 0.6) is 0 Å². The van der Waals surface area contributed by atoms with Crippen molar-refractivity contribution in [1.82, 2.24) is 4.90 Å². The van der Waals surface area contributed by atoms with Crippen LogP contribution in [0.25, 0.3) is 0 Å². The number of nitrogens with zero attached hydrogens (tertiary/aromatic N) is 1. The van der Waals surface area contributed by atoms with Gasteiger partial charge in [0.25, 0.3) is 5.91 Å². The van der Waals surface area contributed by atoms with E-state index in [1.54, 1.807) is 23.1 Å². The number of rotatable bonds is 1. The van der Waals surface area contributed by atoms with Crippen LogP contribution in [0.15, 0.2) is 22.7 Å². The monoisotopic (exact) mass is 317 g/mol. The SMILES string of the molecule is O=C(c1cccc(Br)c1Cl)N1CCC[C@H](O)C1. The van der Waals surface area contributed by atoms with Gasteiger partial charge in [0.05, 0.1) is 16.7 Å². The van der Waals surface area contributed by atoms with Crippen LogP contribution in [0.3, 0.4) is 0 Å². The largest absolute Gasteiger partial charge is 0.391 e. The molecule has 0 aliphatic carbocycles. The Bertz CT molecular complexity index is 439. The molecule has 1 aliphatic heterocycles. The average molecular weight is 319 g/mol. The Labute approximate surface area is 114 Å². The molecule has 0 bridgehead atoms. The van der Waals surface area contributed by atoms with Gasteiger partial charge in [-0.3, -0.25) is 4.79 Å². The van der Waals surface area contributed by atoms with Crippen LogP contribution in [-0.2, 0) is 0 Å². The predicted molar refractivity (Wildman–Crippen MR) is 70.3 cm³/mol. The fraction of sp³-hybridized carbons (Fsp3) is 0.417. The van der Waals surface area contributed by atoms with Gasteiger partial charge in [-0.2, -0.15) is 0 Å². The average Bonchev–Trinajstić information content (AvgIpc) is 2.32. The van der Waals surface area contributed by atoms with Crippen molar-refractivity contribution in [2.45, 2.75) is 18.9 Å². The van der Waals surface area contributed by atoms with Crippen molar-refractivity contribution in [2.24, 2.45) is 0 Å². The summed E-state index contributed by atoms with van der Waals surface area (Å²) in [6, 6.07) is 5.28. The number of amides is 1. The molecule has 0 spiro atoms. The number of aliphatic hydroxyl groups excluding tert-OH is 1. The minimum Gasteiger partial charge on any atom is -0.391 e. The molecule has 0 aromatic heterocycles. The fourth-order valence-electron chi connectivity index (χ4n) is 1.98. The van der Waals surface area contributed by atoms with Gasteiger partial charge in [0.2, 0.25) is 0 Å². The highest BCUT2D eigenvalue weighted by Gasteiger charge is 2.24. The molecular formula is C12H13BrClNO2. The summed E-state index contributed by atoms with van der Waals surface area (Å²) in [6.07, 6.45) is 1.17. The van der Waals surface area contributed by atoms with Gasteiger partial charge in [-0.25, -0.2) is 0 Å². The Hall–Kier alpha value is -0.580. The topological polar surface area (TPSA) is 40.5 Å². The number of hydrogen-bond donors (Lipinski definition) is 1. The molecule has 0 radical (unpaired) electrons. The minimum absolute atomic E-state index is 0.116. The summed E-state index contributed by atoms with van der Waals surface area (Å²) in [4.78, 5) is 13.9. The van der Waals surface area contributed by atoms with E-state index in [1.807, 2.05) is 0 Å². The molecule has 17 heavy (non-hydrogen) atoms. The lowest BCUT2D eigenvalue weighted by molar-refractivity contribution is 0.0474. The Morgan fingerprint density at radius 1 is 1.53 bits per heavy atom. The van der Waals surface area contributed by atoms with Crippen molar-refractivity contribution in [2.75, 3.05) is 13.1 Å². The molecular weight excluding hydrogens is 305 g/mol. The Balaban J connectivity index is 2.22. The first kappa shape index (κ1) is 12.9. The molecule has 1 atom stereocenters. The predicted octanol–water partition coefficient (Wildman–Crippen LogP) is 2.70. The van der Waals surface area contributed by atoms with Gasteiger partial charge in [-0.15, -0.1) is 0 Å². The van der Waals surface area contributed by atoms with Crippen LogP contribution < -0.4 is 0 Å². The summed E-state index contributed by atoms with van der Waals surface area (Å²) in [5.74, 6) is -0.116. The van der Waals surface area contributed by atoms with Gasteiger partial charge < -0.3 is 10.0 Å². The normalized spacial score (nSPS) is 20.4. The first-order chi connectivity index (χ1) is 8.09. The van der Waals surface area contributed by atoms with E-state index < -0.39 is 6.10 Å². The maximum absolute atomic E-state index is 12.2. The summed E-state index contributed by atoms with van der Waals surface area (Å²) < 4.78 is 0.711. The zero-order chi connectivity index (χ0) is 12.4. The second kappa shape index (κ2) is 5.38. The maximum Gasteiger partial charge on any atom is 0.255 e. The van der Waals surface area contributed by atoms with Crippen LogP contribution in [0.1, 0.15) is 23.2 Å². The molecule has 5 heteroatoms. The number of aliphatic hydroxyl groups is 1. The summed E-state index contributed by atoms with van der Waals surface area (Å²) in [5.41, 5.74) is 0.482. The maximum atomic E-state index is 12.2. The lowest BCUT2D eigenvalue weighted by Crippen LogP contribution is -2.42. The lowest BCUT2D eigenvalue weighted by Gasteiger charge is -2.30. The summed E-state index contributed by atoms with van der Waals surface area (Å²) >= 11 is 9.38. The second-order valence-corrected chi connectivity index (χ2v) is 5.38. The highest BCUT2D eigenvalue weighted by molar-refractivity contribution is 9.10. The third-order valence-electron chi connectivity index (χ3n) is 2.87. The number of benzene rings is 1. The first-order valence-electron chi connectivity index (χ1n) is 5.51. The van der Waals surface area contributed by atoms with Gasteiger partial charge >= 0.3 is 0 Å². The summed E-state index contributed by atoms with van der Waals surface area (Å²) in [5, 5.41) is 9.99. The van der Waals surface area contributed by atoms with Crippen molar-refractivity contribution < 1.29 is 9.90 Å². The van der Waals surface area contributed by atoms with E-state index in [0.29, 0.717) is 28.1 Å². The fourth-order valence-corrected chi connectivity index (χ4v) is 2.55. The molecule has 1 fully saturated rings. The van der Waals surface area contributed by atoms with Crippen molar-refractivity contribution >= 4 is 33.4 Å². The molecule has 0 saturated carbocycles. The molecule has 1 aromatic carbocycles. The molecule has 1 saturated heterocycles. The molecule has 3 nitrogen and oxygen atoms in total. The molecule has 1 N–H and O–H groups in total. The van der Waals surface area contributed by atoms with E-state index in [4.69, 9.17) is 11.6 Å². The third kappa shape index (κ3) is 2.81. The van der Waals surface area contributed by atoms with Crippen molar-refractivity contribution in [3.8, 4) is 0 Å². The Morgan fingerprint density at radius 2 is 2.29 bits per heavy atom. The number of carbonyl (C=O) groups excluding carboxylic acids is 1. The van der Waals surface area contributed by atoms with Gasteiger partial charge in [-0.05, 0) is 40.9 Å². The van der Waals surface area contributed by atoms with Crippen molar-refractivity contribution in [3.05, 3.63) is 33.3 Å². The molecule has 92 valence electrons. The molecule has 2 rings (SSSR count). The number of β-amino-alcohol motifs (C(OH)–C–C–N with tert-alkyl or cyclic N) is 1. The number of piperidine rings is 1. The van der Waals surface area contributed by atoms with Gasteiger partial charge in [0, 0.05) is 17.6 Å². The highest BCUT2D eigenvalue weighted by Crippen LogP contribution is 2.27. The second-order valence-electron chi connectivity index (χ2n) is 4.15. The van der Waals surface area contributed by atoms with E-state index in [1.165, 1.54) is 0 Å². The smallest absolute Gasteiger partial charge is 0.255 e. The molecule has 0 unspecified atom stereocenters. The van der Waals surface area contributed by atoms with Gasteiger partial charge in [0.1, 0.15) is 0 Å². The van der Waals surface area contributed by atoms with E-state index in [0.717, 1.165) is 12.8 Å². The molecule has 1 aromatic rings. The summed E-state index contributed by atoms with van der Waals surface area (Å²) in [6.45, 7) is 1.07. The molecule has 1 aliphatic rings. The number of halogens is 2. The Morgan fingerprint density at radius 3 is 3.00 bits per heavy atom. The summed E-state index contributed by atoms with van der Waals surface area (Å²) in [7, 11) is 0. The van der Waals surface area contributed by atoms with Gasteiger partial charge in [0.15, 0.2) is 0 Å². The van der Waals surface area contributed by atoms with Crippen LogP contribution in [0, 0.1) is 0 Å². The Kier molecular flexibility index (Phi) is 4.07. The third-order valence-corrected chi connectivity index (χ3v) is 4.16. The van der Waals surface area contributed by atoms with E-state index in [9.17, 15) is 9.90 Å². The molecule has 1 heterocycles. The first-order valence-corrected chi connectivity index (χ1v) is 6.68.